The molecule has 5 nitrogen and oxygen atoms in total. The molecule has 0 spiro atoms. The van der Waals surface area contributed by atoms with Crippen molar-refractivity contribution >= 4 is 27.2 Å². The highest BCUT2D eigenvalue weighted by atomic mass is 32.1. The van der Waals surface area contributed by atoms with Crippen molar-refractivity contribution in [2.45, 2.75) is 12.1 Å². The third-order valence-corrected chi connectivity index (χ3v) is 8.32. The Morgan fingerprint density at radius 1 is 0.929 bits per heavy atom. The molecule has 4 N–H and O–H groups in total. The number of benzene rings is 2. The minimum absolute atomic E-state index is 0.538. The van der Waals surface area contributed by atoms with Gasteiger partial charge in [0.25, 0.3) is 0 Å². The van der Waals surface area contributed by atoms with Gasteiger partial charge in [0.05, 0.1) is 11.4 Å². The third kappa shape index (κ3) is 2.44. The number of nitrogens with one attached hydrogen (secondary N) is 4. The van der Waals surface area contributed by atoms with Gasteiger partial charge in [-0.3, -0.25) is 4.99 Å². The van der Waals surface area contributed by atoms with Crippen LogP contribution in [-0.4, -0.2) is 38.3 Å². The SMILES string of the molecule is c1cc2[nH+]c3ccc(=NC4C5CNCC54)cc-3sc2cc1NC1C2CNCC21. The summed E-state index contributed by atoms with van der Waals surface area (Å²) in [7, 11) is 0. The molecule has 1 aromatic carbocycles. The highest BCUT2D eigenvalue weighted by molar-refractivity contribution is 7.21. The van der Waals surface area contributed by atoms with Gasteiger partial charge in [0.15, 0.2) is 0 Å². The molecule has 4 atom stereocenters. The fraction of sp³-hybridized carbons (Fsp3) is 0.455. The number of anilines is 1. The van der Waals surface area contributed by atoms with Crippen molar-refractivity contribution < 1.29 is 4.98 Å². The second kappa shape index (κ2) is 5.75. The Morgan fingerprint density at radius 2 is 1.71 bits per heavy atom. The Hall–Kier alpha value is -2.02. The Kier molecular flexibility index (Phi) is 3.26. The van der Waals surface area contributed by atoms with E-state index in [2.05, 4.69) is 57.3 Å². The van der Waals surface area contributed by atoms with Crippen LogP contribution in [0.4, 0.5) is 5.69 Å². The maximum Gasteiger partial charge on any atom is 0.221 e. The predicted molar refractivity (Wildman–Crippen MR) is 111 cm³/mol. The summed E-state index contributed by atoms with van der Waals surface area (Å²) in [5.41, 5.74) is 3.64. The molecular formula is C22H24N5S+. The first-order valence-electron chi connectivity index (χ1n) is 10.5. The lowest BCUT2D eigenvalue weighted by Gasteiger charge is -2.09. The lowest BCUT2D eigenvalue weighted by molar-refractivity contribution is -0.330. The number of hydrogen-bond acceptors (Lipinski definition) is 5. The van der Waals surface area contributed by atoms with Crippen LogP contribution in [0.3, 0.4) is 0 Å². The summed E-state index contributed by atoms with van der Waals surface area (Å²) >= 11 is 1.86. The number of aromatic amines is 1. The second-order valence-electron chi connectivity index (χ2n) is 8.88. The molecule has 2 saturated heterocycles. The number of piperidine rings is 2. The van der Waals surface area contributed by atoms with Crippen LogP contribution in [-0.2, 0) is 0 Å². The van der Waals surface area contributed by atoms with E-state index in [4.69, 9.17) is 4.99 Å². The molecule has 0 bridgehead atoms. The minimum Gasteiger partial charge on any atom is -0.382 e. The lowest BCUT2D eigenvalue weighted by atomic mass is 10.2. The summed E-state index contributed by atoms with van der Waals surface area (Å²) in [5, 5.41) is 11.8. The van der Waals surface area contributed by atoms with Gasteiger partial charge in [-0.05, 0) is 36.1 Å². The van der Waals surface area contributed by atoms with Gasteiger partial charge >= 0.3 is 0 Å². The van der Waals surface area contributed by atoms with Crippen LogP contribution >= 0.6 is 11.3 Å². The van der Waals surface area contributed by atoms with Crippen LogP contribution in [0.5, 0.6) is 0 Å². The lowest BCUT2D eigenvalue weighted by Crippen LogP contribution is -2.21. The molecular weight excluding hydrogens is 366 g/mol. The molecule has 4 unspecified atom stereocenters. The molecule has 3 aliphatic heterocycles. The van der Waals surface area contributed by atoms with Crippen molar-refractivity contribution in [3.8, 4) is 10.6 Å². The van der Waals surface area contributed by atoms with E-state index in [0.29, 0.717) is 12.1 Å². The maximum atomic E-state index is 5.02. The summed E-state index contributed by atoms with van der Waals surface area (Å²) in [6, 6.07) is 14.5. The van der Waals surface area contributed by atoms with Gasteiger partial charge in [0, 0.05) is 61.9 Å². The molecule has 2 saturated carbocycles. The van der Waals surface area contributed by atoms with E-state index in [1.54, 1.807) is 0 Å². The zero-order chi connectivity index (χ0) is 18.2. The first-order valence-corrected chi connectivity index (χ1v) is 11.3. The maximum absolute atomic E-state index is 5.02. The third-order valence-electron chi connectivity index (χ3n) is 7.21. The summed E-state index contributed by atoms with van der Waals surface area (Å²) in [6.07, 6.45) is 0. The van der Waals surface area contributed by atoms with Crippen LogP contribution in [0, 0.1) is 23.7 Å². The zero-order valence-electron chi connectivity index (χ0n) is 15.6. The molecule has 28 heavy (non-hydrogen) atoms. The van der Waals surface area contributed by atoms with Crippen LogP contribution in [0.25, 0.3) is 20.8 Å². The van der Waals surface area contributed by atoms with Gasteiger partial charge in [-0.15, -0.1) is 11.3 Å². The fourth-order valence-electron chi connectivity index (χ4n) is 5.42. The van der Waals surface area contributed by atoms with Crippen molar-refractivity contribution in [3.05, 3.63) is 41.8 Å². The topological polar surface area (TPSA) is 62.6 Å². The Bertz CT molecular complexity index is 1100. The van der Waals surface area contributed by atoms with E-state index in [9.17, 15) is 0 Å². The number of fused-ring (bicyclic) bond motifs is 4. The molecule has 1 aromatic rings. The van der Waals surface area contributed by atoms with E-state index in [1.807, 2.05) is 11.3 Å². The van der Waals surface area contributed by atoms with E-state index in [0.717, 1.165) is 42.1 Å². The van der Waals surface area contributed by atoms with E-state index in [-0.39, 0.29) is 0 Å². The van der Waals surface area contributed by atoms with Crippen molar-refractivity contribution in [2.75, 3.05) is 31.5 Å². The van der Waals surface area contributed by atoms with E-state index < -0.39 is 0 Å². The molecule has 7 rings (SSSR count). The molecule has 3 aliphatic carbocycles. The molecule has 0 amide bonds. The highest BCUT2D eigenvalue weighted by Crippen LogP contribution is 2.45. The van der Waals surface area contributed by atoms with Crippen molar-refractivity contribution in [1.82, 2.24) is 10.6 Å². The van der Waals surface area contributed by atoms with Crippen LogP contribution < -0.4 is 26.3 Å². The smallest absolute Gasteiger partial charge is 0.221 e. The average molecular weight is 391 g/mol. The first-order chi connectivity index (χ1) is 13.8. The summed E-state index contributed by atoms with van der Waals surface area (Å²) in [6.45, 7) is 4.62. The average Bonchev–Trinajstić information content (AvgIpc) is 3.32. The Morgan fingerprint density at radius 3 is 2.54 bits per heavy atom. The normalized spacial score (nSPS) is 35.9. The predicted octanol–water partition coefficient (Wildman–Crippen LogP) is 1.57. The summed E-state index contributed by atoms with van der Waals surface area (Å²) < 4.78 is 1.30. The highest BCUT2D eigenvalue weighted by Gasteiger charge is 2.53. The van der Waals surface area contributed by atoms with Gasteiger partial charge in [-0.1, -0.05) is 0 Å². The minimum atomic E-state index is 0.538. The van der Waals surface area contributed by atoms with Crippen molar-refractivity contribution in [2.24, 2.45) is 28.7 Å². The molecule has 6 aliphatic rings. The van der Waals surface area contributed by atoms with Crippen LogP contribution in [0.2, 0.25) is 0 Å². The van der Waals surface area contributed by atoms with E-state index >= 15 is 0 Å². The van der Waals surface area contributed by atoms with Gasteiger partial charge < -0.3 is 16.0 Å². The van der Waals surface area contributed by atoms with E-state index in [1.165, 1.54) is 39.6 Å². The van der Waals surface area contributed by atoms with Gasteiger partial charge in [0.1, 0.15) is 9.58 Å². The van der Waals surface area contributed by atoms with Gasteiger partial charge in [0.2, 0.25) is 11.2 Å². The Labute approximate surface area is 167 Å². The number of nitrogens with zero attached hydrogens (tertiary/aromatic N) is 1. The number of hydrogen-bond donors (Lipinski definition) is 3. The van der Waals surface area contributed by atoms with Gasteiger partial charge in [-0.25, -0.2) is 4.98 Å². The second-order valence-corrected chi connectivity index (χ2v) is 9.96. The number of rotatable bonds is 3. The summed E-state index contributed by atoms with van der Waals surface area (Å²) in [4.78, 5) is 9.90. The molecule has 0 radical (unpaired) electrons. The zero-order valence-corrected chi connectivity index (χ0v) is 16.4. The number of aromatic nitrogens is 1. The molecule has 0 aromatic heterocycles. The monoisotopic (exact) mass is 390 g/mol. The standard InChI is InChI=1S/C22H23N5S/c1-3-17-19(5-11(1)25-21-13-7-23-8-14(13)21)28-20-6-12(2-4-18(20)27-17)26-22-15-9-24-10-16(15)22/h1-6,13-16,21-25H,7-10H2/p+1. The van der Waals surface area contributed by atoms with Crippen LogP contribution in [0.15, 0.2) is 41.4 Å². The van der Waals surface area contributed by atoms with Crippen molar-refractivity contribution in [1.29, 1.82) is 0 Å². The summed E-state index contributed by atoms with van der Waals surface area (Å²) in [5.74, 6) is 3.19. The fourth-order valence-corrected chi connectivity index (χ4v) is 6.48. The molecule has 4 fully saturated rings. The Balaban J connectivity index is 1.22. The van der Waals surface area contributed by atoms with Crippen LogP contribution in [0.1, 0.15) is 0 Å². The molecule has 3 heterocycles. The van der Waals surface area contributed by atoms with Crippen molar-refractivity contribution in [3.63, 3.8) is 0 Å². The number of H-pyrrole nitrogens is 1. The molecule has 142 valence electrons. The quantitative estimate of drug-likeness (QED) is 0.595. The largest absolute Gasteiger partial charge is 0.382 e. The molecule has 6 heteroatoms. The van der Waals surface area contributed by atoms with Gasteiger partial charge in [-0.2, -0.15) is 0 Å². The first kappa shape index (κ1) is 15.9.